The van der Waals surface area contributed by atoms with Crippen molar-refractivity contribution in [2.75, 3.05) is 0 Å². The van der Waals surface area contributed by atoms with E-state index in [2.05, 4.69) is 6.92 Å². The van der Waals surface area contributed by atoms with Crippen molar-refractivity contribution in [2.45, 2.75) is 26.7 Å². The van der Waals surface area contributed by atoms with Crippen molar-refractivity contribution in [2.24, 2.45) is 5.92 Å². The zero-order valence-corrected chi connectivity index (χ0v) is 6.39. The number of rotatable bonds is 1. The van der Waals surface area contributed by atoms with Gasteiger partial charge in [-0.3, -0.25) is 4.79 Å². The average Bonchev–Trinajstić information content (AvgIpc) is 2.15. The van der Waals surface area contributed by atoms with Crippen LogP contribution in [0.2, 0.25) is 0 Å². The first-order valence-electron chi connectivity index (χ1n) is 3.58. The Labute approximate surface area is 60.9 Å². The molecule has 1 aliphatic carbocycles. The average molecular weight is 140 g/mol. The van der Waals surface area contributed by atoms with Gasteiger partial charge in [0.05, 0.1) is 0 Å². The third kappa shape index (κ3) is 1.59. The van der Waals surface area contributed by atoms with Crippen LogP contribution < -0.4 is 0 Å². The van der Waals surface area contributed by atoms with Crippen LogP contribution in [-0.2, 0) is 9.53 Å². The van der Waals surface area contributed by atoms with Crippen molar-refractivity contribution in [1.29, 1.82) is 0 Å². The maximum absolute atomic E-state index is 10.5. The minimum absolute atomic E-state index is 0.208. The zero-order chi connectivity index (χ0) is 7.56. The van der Waals surface area contributed by atoms with E-state index in [1.165, 1.54) is 6.92 Å². The lowest BCUT2D eigenvalue weighted by Gasteiger charge is -2.06. The summed E-state index contributed by atoms with van der Waals surface area (Å²) < 4.78 is 4.95. The highest BCUT2D eigenvalue weighted by Gasteiger charge is 2.16. The fraction of sp³-hybridized carbons (Fsp3) is 0.625. The van der Waals surface area contributed by atoms with E-state index in [9.17, 15) is 4.79 Å². The van der Waals surface area contributed by atoms with Gasteiger partial charge in [-0.1, -0.05) is 6.92 Å². The van der Waals surface area contributed by atoms with Gasteiger partial charge in [0.1, 0.15) is 5.76 Å². The van der Waals surface area contributed by atoms with Gasteiger partial charge in [-0.05, 0) is 18.9 Å². The topological polar surface area (TPSA) is 26.3 Å². The molecule has 0 aliphatic heterocycles. The van der Waals surface area contributed by atoms with Crippen LogP contribution in [0.5, 0.6) is 0 Å². The lowest BCUT2D eigenvalue weighted by molar-refractivity contribution is -0.137. The molecule has 1 atom stereocenters. The number of hydrogen-bond donors (Lipinski definition) is 0. The number of ether oxygens (including phenoxy) is 1. The van der Waals surface area contributed by atoms with Gasteiger partial charge in [0, 0.05) is 12.8 Å². The summed E-state index contributed by atoms with van der Waals surface area (Å²) in [5, 5.41) is 0. The van der Waals surface area contributed by atoms with E-state index < -0.39 is 0 Å². The molecule has 0 heterocycles. The van der Waals surface area contributed by atoms with Crippen molar-refractivity contribution in [1.82, 2.24) is 0 Å². The molecule has 0 aromatic carbocycles. The summed E-state index contributed by atoms with van der Waals surface area (Å²) >= 11 is 0. The monoisotopic (exact) mass is 140 g/mol. The number of hydrogen-bond acceptors (Lipinski definition) is 2. The molecule has 1 aliphatic rings. The number of allylic oxidation sites excluding steroid dienone is 2. The molecule has 10 heavy (non-hydrogen) atoms. The molecule has 0 saturated carbocycles. The summed E-state index contributed by atoms with van der Waals surface area (Å²) in [6.45, 7) is 3.51. The smallest absolute Gasteiger partial charge is 0.307 e. The van der Waals surface area contributed by atoms with E-state index in [0.29, 0.717) is 5.92 Å². The second-order valence-electron chi connectivity index (χ2n) is 2.68. The lowest BCUT2D eigenvalue weighted by Crippen LogP contribution is -2.02. The highest BCUT2D eigenvalue weighted by Crippen LogP contribution is 2.25. The first-order valence-corrected chi connectivity index (χ1v) is 3.58. The fourth-order valence-electron chi connectivity index (χ4n) is 1.13. The number of esters is 1. The molecule has 56 valence electrons. The number of carbonyl (C=O) groups is 1. The van der Waals surface area contributed by atoms with E-state index in [1.807, 2.05) is 6.08 Å². The van der Waals surface area contributed by atoms with Crippen molar-refractivity contribution in [3.05, 3.63) is 11.8 Å². The van der Waals surface area contributed by atoms with E-state index in [0.717, 1.165) is 18.6 Å². The van der Waals surface area contributed by atoms with Crippen LogP contribution in [0.3, 0.4) is 0 Å². The Morgan fingerprint density at radius 1 is 1.80 bits per heavy atom. The van der Waals surface area contributed by atoms with Gasteiger partial charge in [0.2, 0.25) is 0 Å². The highest BCUT2D eigenvalue weighted by molar-refractivity contribution is 5.67. The van der Waals surface area contributed by atoms with E-state index in [4.69, 9.17) is 4.74 Å². The second kappa shape index (κ2) is 2.86. The molecule has 0 N–H and O–H groups in total. The maximum atomic E-state index is 10.5. The Kier molecular flexibility index (Phi) is 2.10. The fourth-order valence-corrected chi connectivity index (χ4v) is 1.13. The minimum Gasteiger partial charge on any atom is -0.431 e. The van der Waals surface area contributed by atoms with Gasteiger partial charge in [-0.25, -0.2) is 0 Å². The third-order valence-corrected chi connectivity index (χ3v) is 1.69. The van der Waals surface area contributed by atoms with Crippen LogP contribution in [0.4, 0.5) is 0 Å². The Hall–Kier alpha value is -0.790. The first-order chi connectivity index (χ1) is 4.70. The van der Waals surface area contributed by atoms with Crippen LogP contribution in [0.25, 0.3) is 0 Å². The third-order valence-electron chi connectivity index (χ3n) is 1.69. The molecular weight excluding hydrogens is 128 g/mol. The van der Waals surface area contributed by atoms with Gasteiger partial charge >= 0.3 is 5.97 Å². The molecule has 0 spiro atoms. The molecule has 1 unspecified atom stereocenters. The predicted molar refractivity (Wildman–Crippen MR) is 38.2 cm³/mol. The second-order valence-corrected chi connectivity index (χ2v) is 2.68. The molecule has 2 heteroatoms. The molecule has 0 amide bonds. The van der Waals surface area contributed by atoms with Crippen molar-refractivity contribution in [3.8, 4) is 0 Å². The largest absolute Gasteiger partial charge is 0.431 e. The Morgan fingerprint density at radius 2 is 2.50 bits per heavy atom. The van der Waals surface area contributed by atoms with Crippen LogP contribution in [-0.4, -0.2) is 5.97 Å². The molecule has 0 aromatic rings. The summed E-state index contributed by atoms with van der Waals surface area (Å²) in [7, 11) is 0. The van der Waals surface area contributed by atoms with Crippen molar-refractivity contribution < 1.29 is 9.53 Å². The van der Waals surface area contributed by atoms with Gasteiger partial charge < -0.3 is 4.74 Å². The maximum Gasteiger partial charge on any atom is 0.307 e. The van der Waals surface area contributed by atoms with Gasteiger partial charge in [0.15, 0.2) is 0 Å². The molecule has 0 aromatic heterocycles. The minimum atomic E-state index is -0.208. The summed E-state index contributed by atoms with van der Waals surface area (Å²) in [6.07, 6.45) is 4.15. The first kappa shape index (κ1) is 7.32. The van der Waals surface area contributed by atoms with E-state index in [-0.39, 0.29) is 5.97 Å². The molecule has 1 rings (SSSR count). The standard InChI is InChI=1S/C8H12O2/c1-6-4-3-5-8(6)10-7(2)9/h5-6H,3-4H2,1-2H3. The van der Waals surface area contributed by atoms with Gasteiger partial charge in [0.25, 0.3) is 0 Å². The van der Waals surface area contributed by atoms with E-state index in [1.54, 1.807) is 0 Å². The normalized spacial score (nSPS) is 24.2. The van der Waals surface area contributed by atoms with Crippen LogP contribution in [0.15, 0.2) is 11.8 Å². The molecule has 0 bridgehead atoms. The lowest BCUT2D eigenvalue weighted by atomic mass is 10.1. The molecule has 2 nitrogen and oxygen atoms in total. The van der Waals surface area contributed by atoms with Gasteiger partial charge in [-0.2, -0.15) is 0 Å². The predicted octanol–water partition coefficient (Wildman–Crippen LogP) is 1.86. The van der Waals surface area contributed by atoms with Crippen molar-refractivity contribution >= 4 is 5.97 Å². The summed E-state index contributed by atoms with van der Waals surface area (Å²) in [5.41, 5.74) is 0. The van der Waals surface area contributed by atoms with Crippen molar-refractivity contribution in [3.63, 3.8) is 0 Å². The highest BCUT2D eigenvalue weighted by atomic mass is 16.5. The SMILES string of the molecule is CC(=O)OC1=CCCC1C. The molecule has 0 saturated heterocycles. The Morgan fingerprint density at radius 3 is 2.90 bits per heavy atom. The van der Waals surface area contributed by atoms with Crippen LogP contribution >= 0.6 is 0 Å². The van der Waals surface area contributed by atoms with Crippen LogP contribution in [0, 0.1) is 5.92 Å². The summed E-state index contributed by atoms with van der Waals surface area (Å²) in [5.74, 6) is 1.08. The zero-order valence-electron chi connectivity index (χ0n) is 6.39. The van der Waals surface area contributed by atoms with Crippen LogP contribution in [0.1, 0.15) is 26.7 Å². The Balaban J connectivity index is 2.47. The Bertz CT molecular complexity index is 170. The number of carbonyl (C=O) groups excluding carboxylic acids is 1. The summed E-state index contributed by atoms with van der Waals surface area (Å²) in [6, 6.07) is 0. The molecule has 0 fully saturated rings. The van der Waals surface area contributed by atoms with E-state index >= 15 is 0 Å². The summed E-state index contributed by atoms with van der Waals surface area (Å²) in [4.78, 5) is 10.5. The quantitative estimate of drug-likeness (QED) is 0.520. The van der Waals surface area contributed by atoms with Gasteiger partial charge in [-0.15, -0.1) is 0 Å². The molecule has 0 radical (unpaired) electrons. The molecular formula is C8H12O2.